The fraction of sp³-hybridized carbons (Fsp3) is 1.00. The largest absolute Gasteiger partial charge is 0.393 e. The van der Waals surface area contributed by atoms with E-state index in [1.165, 1.54) is 89.9 Å². The zero-order chi connectivity index (χ0) is 31.5. The maximum atomic E-state index is 10.2. The summed E-state index contributed by atoms with van der Waals surface area (Å²) in [6.45, 7) is 24.2. The van der Waals surface area contributed by atoms with Crippen molar-refractivity contribution in [1.82, 2.24) is 0 Å². The van der Waals surface area contributed by atoms with E-state index in [4.69, 9.17) is 0 Å². The summed E-state index contributed by atoms with van der Waals surface area (Å²) < 4.78 is 0. The Morgan fingerprint density at radius 2 is 0.786 bits per heavy atom. The first-order valence-corrected chi connectivity index (χ1v) is 19.0. The predicted molar refractivity (Wildman–Crippen MR) is 185 cm³/mol. The van der Waals surface area contributed by atoms with Gasteiger partial charge in [0.25, 0.3) is 0 Å². The van der Waals surface area contributed by atoms with Crippen molar-refractivity contribution in [2.75, 3.05) is 0 Å². The average Bonchev–Trinajstić information content (AvgIpc) is 2.84. The normalized spacial score (nSPS) is 32.3. The first kappa shape index (κ1) is 38.1. The van der Waals surface area contributed by atoms with Gasteiger partial charge in [-0.25, -0.2) is 0 Å². The van der Waals surface area contributed by atoms with Crippen LogP contribution >= 0.6 is 0 Å². The highest BCUT2D eigenvalue weighted by atomic mass is 16.3. The molecular weight excluding hydrogens is 512 g/mol. The molecule has 0 bridgehead atoms. The van der Waals surface area contributed by atoms with Gasteiger partial charge in [-0.1, -0.05) is 146 Å². The smallest absolute Gasteiger partial charge is 0.0548 e. The molecule has 10 atom stereocenters. The topological polar surface area (TPSA) is 40.5 Å². The Balaban J connectivity index is 1.48. The van der Waals surface area contributed by atoms with Crippen molar-refractivity contribution < 1.29 is 10.2 Å². The summed E-state index contributed by atoms with van der Waals surface area (Å²) in [4.78, 5) is 0. The molecule has 0 spiro atoms. The number of unbranched alkanes of at least 4 members (excludes halogenated alkanes) is 1. The lowest BCUT2D eigenvalue weighted by atomic mass is 9.61. The van der Waals surface area contributed by atoms with E-state index in [-0.39, 0.29) is 12.2 Å². The summed E-state index contributed by atoms with van der Waals surface area (Å²) >= 11 is 0. The van der Waals surface area contributed by atoms with Crippen LogP contribution in [0.25, 0.3) is 0 Å². The van der Waals surface area contributed by atoms with Crippen LogP contribution < -0.4 is 0 Å². The quantitative estimate of drug-likeness (QED) is 0.147. The van der Waals surface area contributed by atoms with Crippen LogP contribution in [-0.4, -0.2) is 22.4 Å². The van der Waals surface area contributed by atoms with E-state index in [1.54, 1.807) is 0 Å². The van der Waals surface area contributed by atoms with Gasteiger partial charge < -0.3 is 10.2 Å². The Labute approximate surface area is 265 Å². The predicted octanol–water partition coefficient (Wildman–Crippen LogP) is 11.9. The number of aliphatic hydroxyl groups excluding tert-OH is 2. The third kappa shape index (κ3) is 13.5. The third-order valence-corrected chi connectivity index (χ3v) is 12.6. The van der Waals surface area contributed by atoms with Crippen molar-refractivity contribution in [1.29, 1.82) is 0 Å². The summed E-state index contributed by atoms with van der Waals surface area (Å²) in [5.74, 6) is 6.30. The van der Waals surface area contributed by atoms with Crippen LogP contribution in [0.15, 0.2) is 0 Å². The molecule has 2 aliphatic carbocycles. The third-order valence-electron chi connectivity index (χ3n) is 12.6. The molecule has 2 N–H and O–H groups in total. The van der Waals surface area contributed by atoms with Gasteiger partial charge in [0.2, 0.25) is 0 Å². The van der Waals surface area contributed by atoms with Crippen molar-refractivity contribution in [2.24, 2.45) is 58.2 Å². The highest BCUT2D eigenvalue weighted by Gasteiger charge is 2.41. The fourth-order valence-corrected chi connectivity index (χ4v) is 9.88. The van der Waals surface area contributed by atoms with Gasteiger partial charge in [0.05, 0.1) is 12.2 Å². The molecule has 42 heavy (non-hydrogen) atoms. The molecule has 0 amide bonds. The molecule has 0 unspecified atom stereocenters. The van der Waals surface area contributed by atoms with E-state index in [2.05, 4.69) is 69.2 Å². The minimum atomic E-state index is -0.0849. The number of hydrogen-bond acceptors (Lipinski definition) is 2. The summed E-state index contributed by atoms with van der Waals surface area (Å²) in [5, 5.41) is 20.4. The molecule has 2 fully saturated rings. The molecule has 0 aliphatic heterocycles. The molecule has 0 radical (unpaired) electrons. The Morgan fingerprint density at radius 3 is 1.10 bits per heavy atom. The van der Waals surface area contributed by atoms with E-state index in [0.717, 1.165) is 61.2 Å². The summed E-state index contributed by atoms with van der Waals surface area (Å²) in [5.41, 5.74) is 0.581. The van der Waals surface area contributed by atoms with Crippen LogP contribution in [-0.2, 0) is 0 Å². The second-order valence-electron chi connectivity index (χ2n) is 18.1. The van der Waals surface area contributed by atoms with Crippen molar-refractivity contribution in [3.8, 4) is 0 Å². The first-order chi connectivity index (χ1) is 19.6. The Kier molecular flexibility index (Phi) is 16.5. The summed E-state index contributed by atoms with van der Waals surface area (Å²) in [6, 6.07) is 0. The van der Waals surface area contributed by atoms with Gasteiger partial charge in [-0.15, -0.1) is 0 Å². The molecule has 0 heterocycles. The van der Waals surface area contributed by atoms with Crippen LogP contribution in [0.2, 0.25) is 0 Å². The van der Waals surface area contributed by atoms with E-state index in [9.17, 15) is 10.2 Å². The van der Waals surface area contributed by atoms with Crippen LogP contribution in [0.1, 0.15) is 185 Å². The van der Waals surface area contributed by atoms with Crippen LogP contribution in [0.3, 0.4) is 0 Å². The Hall–Kier alpha value is -0.0800. The molecule has 0 aromatic carbocycles. The Morgan fingerprint density at radius 1 is 0.500 bits per heavy atom. The average molecular weight is 591 g/mol. The maximum Gasteiger partial charge on any atom is 0.0548 e. The molecule has 2 nitrogen and oxygen atoms in total. The van der Waals surface area contributed by atoms with Gasteiger partial charge in [-0.3, -0.25) is 0 Å². The van der Waals surface area contributed by atoms with Crippen molar-refractivity contribution >= 4 is 0 Å². The van der Waals surface area contributed by atoms with Gasteiger partial charge in [0.1, 0.15) is 0 Å². The highest BCUT2D eigenvalue weighted by molar-refractivity contribution is 4.91. The number of aliphatic hydroxyl groups is 2. The molecule has 2 rings (SSSR count). The van der Waals surface area contributed by atoms with Gasteiger partial charge in [0.15, 0.2) is 0 Å². The van der Waals surface area contributed by atoms with Crippen LogP contribution in [0, 0.1) is 58.2 Å². The van der Waals surface area contributed by atoms with E-state index in [1.807, 2.05) is 0 Å². The van der Waals surface area contributed by atoms with Crippen molar-refractivity contribution in [3.05, 3.63) is 0 Å². The monoisotopic (exact) mass is 591 g/mol. The van der Waals surface area contributed by atoms with Crippen molar-refractivity contribution in [2.45, 2.75) is 197 Å². The van der Waals surface area contributed by atoms with Gasteiger partial charge in [-0.2, -0.15) is 0 Å². The summed E-state index contributed by atoms with van der Waals surface area (Å²) in [6.07, 6.45) is 23.3. The molecule has 0 aromatic heterocycles. The van der Waals surface area contributed by atoms with E-state index < -0.39 is 0 Å². The molecule has 0 saturated heterocycles. The molecule has 0 aromatic rings. The standard InChI is InChI=1S/C40H78O2/c1-29(17-13-19-31(3)21-23-37-33(5)25-35(41)27-39(37,7)8)15-11-12-16-30(2)18-14-20-32(4)22-24-38-34(6)26-36(42)28-40(38,9)10/h29-38,41-42H,11-28H2,1-10H3/t29-,30+,31-,32-,33-,34-,35+,36+,37+,38+/m0/s1. The molecule has 2 saturated carbocycles. The number of hydrogen-bond donors (Lipinski definition) is 2. The lowest BCUT2D eigenvalue weighted by molar-refractivity contribution is -0.0178. The highest BCUT2D eigenvalue weighted by Crippen LogP contribution is 2.48. The maximum absolute atomic E-state index is 10.2. The molecule has 2 aliphatic rings. The SMILES string of the molecule is C[C@H](CCCC[C@H](C)CCC[C@H](C)CC[C@@H]1[C@@H](C)C[C@@H](O)CC1(C)C)CCC[C@H](C)CC[C@@H]1[C@@H](C)C[C@@H](O)CC1(C)C. The van der Waals surface area contributed by atoms with E-state index in [0.29, 0.717) is 22.7 Å². The minimum absolute atomic E-state index is 0.0849. The van der Waals surface area contributed by atoms with Gasteiger partial charge in [-0.05, 0) is 96.7 Å². The minimum Gasteiger partial charge on any atom is -0.393 e. The first-order valence-electron chi connectivity index (χ1n) is 19.0. The second-order valence-corrected chi connectivity index (χ2v) is 18.1. The van der Waals surface area contributed by atoms with E-state index >= 15 is 0 Å². The van der Waals surface area contributed by atoms with Crippen LogP contribution in [0.5, 0.6) is 0 Å². The van der Waals surface area contributed by atoms with Crippen LogP contribution in [0.4, 0.5) is 0 Å². The lowest BCUT2D eigenvalue weighted by Gasteiger charge is -2.45. The molecule has 250 valence electrons. The van der Waals surface area contributed by atoms with Gasteiger partial charge in [0, 0.05) is 0 Å². The zero-order valence-corrected chi connectivity index (χ0v) is 30.4. The molecule has 2 heteroatoms. The number of rotatable bonds is 19. The summed E-state index contributed by atoms with van der Waals surface area (Å²) in [7, 11) is 0. The lowest BCUT2D eigenvalue weighted by Crippen LogP contribution is -2.40. The Bertz CT molecular complexity index is 652. The second kappa shape index (κ2) is 18.2. The zero-order valence-electron chi connectivity index (χ0n) is 30.4. The molecular formula is C40H78O2. The van der Waals surface area contributed by atoms with Crippen molar-refractivity contribution in [3.63, 3.8) is 0 Å². The fourth-order valence-electron chi connectivity index (χ4n) is 9.88. The van der Waals surface area contributed by atoms with Gasteiger partial charge >= 0.3 is 0 Å².